The molecule has 0 saturated carbocycles. The van der Waals surface area contributed by atoms with Crippen LogP contribution in [0.5, 0.6) is 0 Å². The minimum atomic E-state index is -0.651. The van der Waals surface area contributed by atoms with Crippen LogP contribution in [-0.2, 0) is 16.1 Å². The summed E-state index contributed by atoms with van der Waals surface area (Å²) >= 11 is 0. The van der Waals surface area contributed by atoms with E-state index in [0.717, 1.165) is 28.8 Å². The highest BCUT2D eigenvalue weighted by Crippen LogP contribution is 2.22. The maximum Gasteiger partial charge on any atom is 0.248 e. The van der Waals surface area contributed by atoms with Crippen LogP contribution in [-0.4, -0.2) is 57.4 Å². The number of aliphatic hydroxyl groups is 1. The molecule has 0 radical (unpaired) electrons. The molecule has 3 heterocycles. The second-order valence-corrected chi connectivity index (χ2v) is 7.85. The van der Waals surface area contributed by atoms with E-state index in [-0.39, 0.29) is 12.5 Å². The van der Waals surface area contributed by atoms with Crippen LogP contribution in [0, 0.1) is 11.8 Å². The topological polar surface area (TPSA) is 93.6 Å². The predicted octanol–water partition coefficient (Wildman–Crippen LogP) is 2.80. The molecule has 0 saturated heterocycles. The first kappa shape index (κ1) is 22.5. The number of nitrogens with zero attached hydrogens (tertiary/aromatic N) is 4. The van der Waals surface area contributed by atoms with Gasteiger partial charge in [0.25, 0.3) is 0 Å². The summed E-state index contributed by atoms with van der Waals surface area (Å²) in [6, 6.07) is 9.68. The number of hydrogen-bond donors (Lipinski definition) is 1. The number of methoxy groups -OCH3 is 1. The molecule has 1 aliphatic rings. The van der Waals surface area contributed by atoms with Crippen LogP contribution >= 0.6 is 0 Å². The Hall–Kier alpha value is -3.67. The SMILES string of the molecule is COCC(=O)N1CC=C(C#Cc2ccc(-c3cc(Cn4ccnc4[C@H](C)O)no3)cc2)CC1. The second kappa shape index (κ2) is 10.3. The summed E-state index contributed by atoms with van der Waals surface area (Å²) < 4.78 is 12.3. The number of aromatic nitrogens is 3. The van der Waals surface area contributed by atoms with Crippen molar-refractivity contribution in [3.05, 3.63) is 71.5 Å². The Morgan fingerprint density at radius 2 is 2.12 bits per heavy atom. The van der Waals surface area contributed by atoms with Gasteiger partial charge in [0, 0.05) is 55.4 Å². The van der Waals surface area contributed by atoms with E-state index in [9.17, 15) is 9.90 Å². The average molecular weight is 447 g/mol. The van der Waals surface area contributed by atoms with E-state index in [1.807, 2.05) is 41.0 Å². The number of ether oxygens (including phenoxy) is 1. The lowest BCUT2D eigenvalue weighted by atomic mass is 10.1. The van der Waals surface area contributed by atoms with Gasteiger partial charge in [0.1, 0.15) is 24.2 Å². The number of carbonyl (C=O) groups excluding carboxylic acids is 1. The smallest absolute Gasteiger partial charge is 0.248 e. The highest BCUT2D eigenvalue weighted by atomic mass is 16.5. The zero-order valence-electron chi connectivity index (χ0n) is 18.7. The zero-order chi connectivity index (χ0) is 23.2. The summed E-state index contributed by atoms with van der Waals surface area (Å²) in [6.07, 6.45) is 5.55. The maximum absolute atomic E-state index is 11.9. The number of benzene rings is 1. The first-order chi connectivity index (χ1) is 16.0. The molecular formula is C25H26N4O4. The van der Waals surface area contributed by atoms with Crippen LogP contribution in [0.3, 0.4) is 0 Å². The van der Waals surface area contributed by atoms with Gasteiger partial charge in [0.15, 0.2) is 5.76 Å². The molecule has 8 heteroatoms. The summed E-state index contributed by atoms with van der Waals surface area (Å²) in [5.74, 6) is 7.65. The zero-order valence-corrected chi connectivity index (χ0v) is 18.7. The standard InChI is InChI=1S/C25H26N4O4/c1-18(30)25-26-11-14-29(25)16-22-15-23(33-27-22)21-7-5-19(6-8-21)3-4-20-9-12-28(13-10-20)24(31)17-32-2/h5-9,11,14-15,18,30H,10,12-13,16-17H2,1-2H3/t18-/m0/s1. The molecule has 8 nitrogen and oxygen atoms in total. The molecule has 1 aliphatic heterocycles. The third-order valence-electron chi connectivity index (χ3n) is 5.38. The highest BCUT2D eigenvalue weighted by Gasteiger charge is 2.16. The maximum atomic E-state index is 11.9. The van der Waals surface area contributed by atoms with E-state index in [4.69, 9.17) is 9.26 Å². The number of carbonyl (C=O) groups is 1. The van der Waals surface area contributed by atoms with Gasteiger partial charge in [-0.2, -0.15) is 0 Å². The van der Waals surface area contributed by atoms with Crippen LogP contribution < -0.4 is 0 Å². The lowest BCUT2D eigenvalue weighted by Gasteiger charge is -2.24. The summed E-state index contributed by atoms with van der Waals surface area (Å²) in [5, 5.41) is 13.9. The highest BCUT2D eigenvalue weighted by molar-refractivity contribution is 5.77. The Bertz CT molecular complexity index is 1190. The molecule has 2 aromatic heterocycles. The van der Waals surface area contributed by atoms with Gasteiger partial charge in [-0.15, -0.1) is 0 Å². The van der Waals surface area contributed by atoms with Gasteiger partial charge in [-0.1, -0.05) is 23.1 Å². The molecular weight excluding hydrogens is 420 g/mol. The molecule has 1 N–H and O–H groups in total. The Morgan fingerprint density at radius 3 is 2.82 bits per heavy atom. The third kappa shape index (κ3) is 5.58. The van der Waals surface area contributed by atoms with Crippen molar-refractivity contribution in [1.82, 2.24) is 19.6 Å². The normalized spacial score (nSPS) is 14.4. The van der Waals surface area contributed by atoms with E-state index in [0.29, 0.717) is 31.2 Å². The van der Waals surface area contributed by atoms with Crippen LogP contribution in [0.1, 0.15) is 36.5 Å². The molecule has 1 aromatic carbocycles. The number of imidazole rings is 1. The monoisotopic (exact) mass is 446 g/mol. The van der Waals surface area contributed by atoms with Gasteiger partial charge >= 0.3 is 0 Å². The molecule has 3 aromatic rings. The molecule has 0 bridgehead atoms. The van der Waals surface area contributed by atoms with Crippen molar-refractivity contribution in [2.75, 3.05) is 26.8 Å². The fourth-order valence-corrected chi connectivity index (χ4v) is 3.61. The summed E-state index contributed by atoms with van der Waals surface area (Å²) in [4.78, 5) is 17.8. The molecule has 0 fully saturated rings. The van der Waals surface area contributed by atoms with Gasteiger partial charge in [0.05, 0.1) is 6.54 Å². The van der Waals surface area contributed by atoms with Crippen LogP contribution in [0.2, 0.25) is 0 Å². The Kier molecular flexibility index (Phi) is 7.03. The fraction of sp³-hybridized carbons (Fsp3) is 0.320. The first-order valence-corrected chi connectivity index (χ1v) is 10.8. The lowest BCUT2D eigenvalue weighted by molar-refractivity contribution is -0.134. The lowest BCUT2D eigenvalue weighted by Crippen LogP contribution is -2.37. The summed E-state index contributed by atoms with van der Waals surface area (Å²) in [7, 11) is 1.52. The largest absolute Gasteiger partial charge is 0.385 e. The third-order valence-corrected chi connectivity index (χ3v) is 5.38. The first-order valence-electron chi connectivity index (χ1n) is 10.8. The number of amides is 1. The molecule has 33 heavy (non-hydrogen) atoms. The average Bonchev–Trinajstić information content (AvgIpc) is 3.49. The Balaban J connectivity index is 1.38. The molecule has 0 aliphatic carbocycles. The minimum absolute atomic E-state index is 0.000318. The quantitative estimate of drug-likeness (QED) is 0.586. The molecule has 4 rings (SSSR count). The van der Waals surface area contributed by atoms with Crippen molar-refractivity contribution in [1.29, 1.82) is 0 Å². The molecule has 0 unspecified atom stereocenters. The van der Waals surface area contributed by atoms with Crippen molar-refractivity contribution < 1.29 is 19.2 Å². The Morgan fingerprint density at radius 1 is 1.30 bits per heavy atom. The molecule has 0 spiro atoms. The van der Waals surface area contributed by atoms with E-state index < -0.39 is 6.10 Å². The molecule has 170 valence electrons. The molecule has 1 amide bonds. The van der Waals surface area contributed by atoms with Crippen molar-refractivity contribution in [2.45, 2.75) is 26.0 Å². The van der Waals surface area contributed by atoms with Crippen molar-refractivity contribution in [2.24, 2.45) is 0 Å². The summed E-state index contributed by atoms with van der Waals surface area (Å²) in [6.45, 7) is 3.49. The van der Waals surface area contributed by atoms with Crippen molar-refractivity contribution >= 4 is 5.91 Å². The van der Waals surface area contributed by atoms with Crippen LogP contribution in [0.25, 0.3) is 11.3 Å². The van der Waals surface area contributed by atoms with E-state index in [2.05, 4.69) is 22.0 Å². The van der Waals surface area contributed by atoms with Gasteiger partial charge < -0.3 is 23.8 Å². The Labute approximate surface area is 192 Å². The predicted molar refractivity (Wildman–Crippen MR) is 122 cm³/mol. The van der Waals surface area contributed by atoms with Gasteiger partial charge in [0.2, 0.25) is 5.91 Å². The van der Waals surface area contributed by atoms with E-state index >= 15 is 0 Å². The fourth-order valence-electron chi connectivity index (χ4n) is 3.61. The van der Waals surface area contributed by atoms with Gasteiger partial charge in [-0.3, -0.25) is 4.79 Å². The van der Waals surface area contributed by atoms with Crippen molar-refractivity contribution in [3.63, 3.8) is 0 Å². The minimum Gasteiger partial charge on any atom is -0.385 e. The van der Waals surface area contributed by atoms with E-state index in [1.54, 1.807) is 24.2 Å². The molecule has 1 atom stereocenters. The van der Waals surface area contributed by atoms with Crippen LogP contribution in [0.15, 0.2) is 58.9 Å². The second-order valence-electron chi connectivity index (χ2n) is 7.85. The number of hydrogen-bond acceptors (Lipinski definition) is 6. The summed E-state index contributed by atoms with van der Waals surface area (Å²) in [5.41, 5.74) is 3.59. The van der Waals surface area contributed by atoms with E-state index in [1.165, 1.54) is 7.11 Å². The van der Waals surface area contributed by atoms with Crippen LogP contribution in [0.4, 0.5) is 0 Å². The van der Waals surface area contributed by atoms with Gasteiger partial charge in [-0.05, 0) is 37.6 Å². The van der Waals surface area contributed by atoms with Crippen molar-refractivity contribution in [3.8, 4) is 23.2 Å². The number of aliphatic hydroxyl groups excluding tert-OH is 1. The van der Waals surface area contributed by atoms with Gasteiger partial charge in [-0.25, -0.2) is 4.98 Å². The number of rotatable bonds is 6.